The number of ether oxygens (including phenoxy) is 1. The average Bonchev–Trinajstić information content (AvgIpc) is 2.62. The molecule has 2 atom stereocenters. The first-order chi connectivity index (χ1) is 12.7. The highest BCUT2D eigenvalue weighted by molar-refractivity contribution is 7.89. The van der Waals surface area contributed by atoms with Crippen LogP contribution in [0.15, 0.2) is 47.6 Å². The Morgan fingerprint density at radius 1 is 1.11 bits per heavy atom. The van der Waals surface area contributed by atoms with E-state index in [-0.39, 0.29) is 10.8 Å². The zero-order chi connectivity index (χ0) is 20.0. The molecular formula is C16H17ClN4O5S. The third-order valence-electron chi connectivity index (χ3n) is 3.27. The molecule has 2 rings (SSSR count). The second kappa shape index (κ2) is 8.89. The van der Waals surface area contributed by atoms with Crippen molar-refractivity contribution in [1.29, 1.82) is 0 Å². The first kappa shape index (κ1) is 20.7. The maximum Gasteiger partial charge on any atom is 0.324 e. The van der Waals surface area contributed by atoms with E-state index in [1.165, 1.54) is 50.5 Å². The van der Waals surface area contributed by atoms with Gasteiger partial charge in [-0.05, 0) is 44.2 Å². The molecule has 1 unspecified atom stereocenters. The lowest BCUT2D eigenvalue weighted by Gasteiger charge is -2.17. The molecule has 0 aliphatic rings. The molecule has 0 radical (unpaired) electrons. The second-order valence-corrected chi connectivity index (χ2v) is 7.59. The van der Waals surface area contributed by atoms with Gasteiger partial charge in [0.25, 0.3) is 5.91 Å². The SMILES string of the molecule is CC(OC(=O)[C@H](C)NS(=O)(=O)c1ccc(Cl)cc1)C(=O)Nc1ncccn1. The molecule has 0 saturated heterocycles. The number of nitrogens with one attached hydrogen (secondary N) is 2. The highest BCUT2D eigenvalue weighted by Crippen LogP contribution is 2.14. The number of amides is 1. The number of halogens is 1. The maximum atomic E-state index is 12.3. The average molecular weight is 413 g/mol. The van der Waals surface area contributed by atoms with Crippen LogP contribution >= 0.6 is 11.6 Å². The van der Waals surface area contributed by atoms with Crippen LogP contribution in [0, 0.1) is 0 Å². The first-order valence-electron chi connectivity index (χ1n) is 7.75. The number of nitrogens with zero attached hydrogens (tertiary/aromatic N) is 2. The van der Waals surface area contributed by atoms with Gasteiger partial charge in [0.05, 0.1) is 4.90 Å². The van der Waals surface area contributed by atoms with Crippen LogP contribution < -0.4 is 10.0 Å². The normalized spacial score (nSPS) is 13.4. The molecule has 0 bridgehead atoms. The number of carbonyl (C=O) groups is 2. The molecule has 1 amide bonds. The minimum atomic E-state index is -3.96. The number of rotatable bonds is 7. The van der Waals surface area contributed by atoms with E-state index >= 15 is 0 Å². The molecule has 0 aliphatic carbocycles. The van der Waals surface area contributed by atoms with E-state index in [0.29, 0.717) is 5.02 Å². The maximum absolute atomic E-state index is 12.3. The number of sulfonamides is 1. The van der Waals surface area contributed by atoms with Crippen LogP contribution in [-0.2, 0) is 24.3 Å². The van der Waals surface area contributed by atoms with E-state index in [2.05, 4.69) is 20.0 Å². The van der Waals surface area contributed by atoms with E-state index in [1.54, 1.807) is 6.07 Å². The number of hydrogen-bond donors (Lipinski definition) is 2. The Bertz CT molecular complexity index is 906. The molecule has 2 aromatic rings. The van der Waals surface area contributed by atoms with Crippen molar-refractivity contribution >= 4 is 39.4 Å². The molecule has 0 fully saturated rings. The number of benzene rings is 1. The molecular weight excluding hydrogens is 396 g/mol. The highest BCUT2D eigenvalue weighted by Gasteiger charge is 2.26. The minimum absolute atomic E-state index is 0.0569. The molecule has 9 nitrogen and oxygen atoms in total. The van der Waals surface area contributed by atoms with Crippen LogP contribution in [0.3, 0.4) is 0 Å². The fraction of sp³-hybridized carbons (Fsp3) is 0.250. The summed E-state index contributed by atoms with van der Waals surface area (Å²) in [5.41, 5.74) is 0. The van der Waals surface area contributed by atoms with E-state index in [4.69, 9.17) is 16.3 Å². The highest BCUT2D eigenvalue weighted by atomic mass is 35.5. The second-order valence-electron chi connectivity index (χ2n) is 5.44. The summed E-state index contributed by atoms with van der Waals surface area (Å²) >= 11 is 5.73. The summed E-state index contributed by atoms with van der Waals surface area (Å²) in [5.74, 6) is -1.51. The molecule has 0 saturated carbocycles. The van der Waals surface area contributed by atoms with Crippen molar-refractivity contribution in [2.45, 2.75) is 30.9 Å². The lowest BCUT2D eigenvalue weighted by atomic mass is 10.3. The fourth-order valence-electron chi connectivity index (χ4n) is 1.87. The molecule has 1 heterocycles. The fourth-order valence-corrected chi connectivity index (χ4v) is 3.19. The van der Waals surface area contributed by atoms with Gasteiger partial charge in [0.1, 0.15) is 6.04 Å². The van der Waals surface area contributed by atoms with E-state index < -0.39 is 34.0 Å². The quantitative estimate of drug-likeness (QED) is 0.657. The van der Waals surface area contributed by atoms with Gasteiger partial charge in [-0.1, -0.05) is 11.6 Å². The smallest absolute Gasteiger partial charge is 0.324 e. The molecule has 2 N–H and O–H groups in total. The van der Waals surface area contributed by atoms with E-state index in [1.807, 2.05) is 0 Å². The monoisotopic (exact) mass is 412 g/mol. The van der Waals surface area contributed by atoms with Gasteiger partial charge in [-0.15, -0.1) is 0 Å². The minimum Gasteiger partial charge on any atom is -0.451 e. The Hall–Kier alpha value is -2.56. The molecule has 27 heavy (non-hydrogen) atoms. The largest absolute Gasteiger partial charge is 0.451 e. The molecule has 11 heteroatoms. The number of aromatic nitrogens is 2. The molecule has 0 aliphatic heterocycles. The third-order valence-corrected chi connectivity index (χ3v) is 5.08. The number of esters is 1. The predicted molar refractivity (Wildman–Crippen MR) is 97.5 cm³/mol. The van der Waals surface area contributed by atoms with Crippen molar-refractivity contribution < 1.29 is 22.7 Å². The van der Waals surface area contributed by atoms with Gasteiger partial charge in [0.2, 0.25) is 16.0 Å². The molecule has 1 aromatic carbocycles. The van der Waals surface area contributed by atoms with Crippen molar-refractivity contribution in [3.05, 3.63) is 47.7 Å². The summed E-state index contributed by atoms with van der Waals surface area (Å²) in [7, 11) is -3.96. The van der Waals surface area contributed by atoms with Gasteiger partial charge in [0, 0.05) is 17.4 Å². The third kappa shape index (κ3) is 5.98. The zero-order valence-corrected chi connectivity index (χ0v) is 16.0. The van der Waals surface area contributed by atoms with Crippen molar-refractivity contribution in [2.75, 3.05) is 5.32 Å². The lowest BCUT2D eigenvalue weighted by molar-refractivity contribution is -0.154. The Morgan fingerprint density at radius 3 is 2.30 bits per heavy atom. The summed E-state index contributed by atoms with van der Waals surface area (Å²) in [4.78, 5) is 31.7. The van der Waals surface area contributed by atoms with Crippen LogP contribution in [0.5, 0.6) is 0 Å². The van der Waals surface area contributed by atoms with Crippen LogP contribution in [0.4, 0.5) is 5.95 Å². The van der Waals surface area contributed by atoms with Crippen LogP contribution in [0.25, 0.3) is 0 Å². The Labute approximate surface area is 161 Å². The summed E-state index contributed by atoms with van der Waals surface area (Å²) < 4.78 is 31.7. The Kier molecular flexibility index (Phi) is 6.83. The zero-order valence-electron chi connectivity index (χ0n) is 14.4. The number of carbonyl (C=O) groups excluding carboxylic acids is 2. The number of hydrogen-bond acceptors (Lipinski definition) is 7. The standard InChI is InChI=1S/C16H17ClN4O5S/c1-10(21-27(24,25)13-6-4-12(17)5-7-13)15(23)26-11(2)14(22)20-16-18-8-3-9-19-16/h3-11,21H,1-2H3,(H,18,19,20,22)/t10-,11?/m0/s1. The van der Waals surface area contributed by atoms with Crippen molar-refractivity contribution in [2.24, 2.45) is 0 Å². The van der Waals surface area contributed by atoms with Crippen LogP contribution in [0.1, 0.15) is 13.8 Å². The van der Waals surface area contributed by atoms with Gasteiger partial charge in [0.15, 0.2) is 6.10 Å². The van der Waals surface area contributed by atoms with Crippen molar-refractivity contribution in [1.82, 2.24) is 14.7 Å². The molecule has 1 aromatic heterocycles. The predicted octanol–water partition coefficient (Wildman–Crippen LogP) is 1.37. The Morgan fingerprint density at radius 2 is 1.70 bits per heavy atom. The van der Waals surface area contributed by atoms with Gasteiger partial charge in [-0.25, -0.2) is 18.4 Å². The van der Waals surface area contributed by atoms with E-state index in [0.717, 1.165) is 0 Å². The summed E-state index contributed by atoms with van der Waals surface area (Å²) in [5, 5.41) is 2.75. The number of anilines is 1. The summed E-state index contributed by atoms with van der Waals surface area (Å²) in [6.07, 6.45) is 1.70. The molecule has 0 spiro atoms. The van der Waals surface area contributed by atoms with Gasteiger partial charge < -0.3 is 4.74 Å². The topological polar surface area (TPSA) is 127 Å². The van der Waals surface area contributed by atoms with Crippen LogP contribution in [-0.4, -0.2) is 42.4 Å². The first-order valence-corrected chi connectivity index (χ1v) is 9.61. The van der Waals surface area contributed by atoms with Gasteiger partial charge in [-0.2, -0.15) is 4.72 Å². The van der Waals surface area contributed by atoms with Gasteiger partial charge in [-0.3, -0.25) is 14.9 Å². The van der Waals surface area contributed by atoms with Gasteiger partial charge >= 0.3 is 5.97 Å². The lowest BCUT2D eigenvalue weighted by Crippen LogP contribution is -2.42. The summed E-state index contributed by atoms with van der Waals surface area (Å²) in [6, 6.07) is 5.80. The van der Waals surface area contributed by atoms with Crippen molar-refractivity contribution in [3.8, 4) is 0 Å². The van der Waals surface area contributed by atoms with Crippen LogP contribution in [0.2, 0.25) is 5.02 Å². The van der Waals surface area contributed by atoms with Crippen molar-refractivity contribution in [3.63, 3.8) is 0 Å². The Balaban J connectivity index is 1.94. The summed E-state index contributed by atoms with van der Waals surface area (Å²) in [6.45, 7) is 2.65. The molecule has 144 valence electrons. The van der Waals surface area contributed by atoms with E-state index in [9.17, 15) is 18.0 Å².